The van der Waals surface area contributed by atoms with Crippen molar-refractivity contribution in [1.82, 2.24) is 10.3 Å². The molecule has 0 saturated heterocycles. The van der Waals surface area contributed by atoms with Gasteiger partial charge in [-0.15, -0.1) is 12.3 Å². The summed E-state index contributed by atoms with van der Waals surface area (Å²) in [7, 11) is 1.25. The molecule has 1 atom stereocenters. The van der Waals surface area contributed by atoms with Crippen LogP contribution >= 0.6 is 0 Å². The fraction of sp³-hybridized carbons (Fsp3) is 0.188. The number of esters is 1. The quantitative estimate of drug-likeness (QED) is 0.682. The lowest BCUT2D eigenvalue weighted by Crippen LogP contribution is -2.41. The number of rotatable bonds is 4. The van der Waals surface area contributed by atoms with Crippen LogP contribution in [0.2, 0.25) is 0 Å². The molecule has 5 heteroatoms. The van der Waals surface area contributed by atoms with E-state index in [1.165, 1.54) is 13.3 Å². The average molecular weight is 282 g/mol. The molecule has 1 aromatic heterocycles. The van der Waals surface area contributed by atoms with E-state index in [4.69, 9.17) is 6.42 Å². The lowest BCUT2D eigenvalue weighted by molar-refractivity contribution is -0.142. The molecule has 1 N–H and O–H groups in total. The summed E-state index contributed by atoms with van der Waals surface area (Å²) < 4.78 is 4.61. The average Bonchev–Trinajstić information content (AvgIpc) is 2.53. The highest BCUT2D eigenvalue weighted by molar-refractivity contribution is 5.99. The highest BCUT2D eigenvalue weighted by Crippen LogP contribution is 2.12. The number of carbonyl (C=O) groups excluding carboxylic acids is 2. The second kappa shape index (κ2) is 6.53. The summed E-state index contributed by atoms with van der Waals surface area (Å²) in [5.41, 5.74) is 1.15. The maximum atomic E-state index is 12.2. The Hall–Kier alpha value is -2.87. The number of ether oxygens (including phenoxy) is 1. The molecule has 1 aromatic carbocycles. The van der Waals surface area contributed by atoms with Gasteiger partial charge in [-0.25, -0.2) is 4.79 Å². The van der Waals surface area contributed by atoms with Crippen LogP contribution in [0.1, 0.15) is 16.8 Å². The zero-order valence-corrected chi connectivity index (χ0v) is 11.5. The number of hydrogen-bond acceptors (Lipinski definition) is 4. The Morgan fingerprint density at radius 2 is 2.19 bits per heavy atom. The maximum Gasteiger partial charge on any atom is 0.329 e. The molecular weight excluding hydrogens is 268 g/mol. The first-order valence-electron chi connectivity index (χ1n) is 6.32. The van der Waals surface area contributed by atoms with Crippen molar-refractivity contribution in [2.45, 2.75) is 12.5 Å². The Bertz CT molecular complexity index is 719. The second-order valence-electron chi connectivity index (χ2n) is 4.37. The van der Waals surface area contributed by atoms with E-state index in [1.54, 1.807) is 6.07 Å². The molecule has 1 heterocycles. The Morgan fingerprint density at radius 3 is 2.90 bits per heavy atom. The van der Waals surface area contributed by atoms with Gasteiger partial charge in [-0.2, -0.15) is 0 Å². The lowest BCUT2D eigenvalue weighted by Gasteiger charge is -2.14. The number of carbonyl (C=O) groups is 2. The number of benzene rings is 1. The molecule has 0 unspecified atom stereocenters. The minimum absolute atomic E-state index is 0.0689. The predicted octanol–water partition coefficient (Wildman–Crippen LogP) is 1.53. The number of fused-ring (bicyclic) bond motifs is 1. The van der Waals surface area contributed by atoms with E-state index in [0.29, 0.717) is 5.56 Å². The van der Waals surface area contributed by atoms with Gasteiger partial charge in [-0.1, -0.05) is 18.2 Å². The van der Waals surface area contributed by atoms with E-state index >= 15 is 0 Å². The van der Waals surface area contributed by atoms with E-state index in [-0.39, 0.29) is 6.42 Å². The molecule has 2 rings (SSSR count). The van der Waals surface area contributed by atoms with Crippen LogP contribution in [0, 0.1) is 12.3 Å². The fourth-order valence-electron chi connectivity index (χ4n) is 1.89. The Labute approximate surface area is 122 Å². The Balaban J connectivity index is 2.21. The zero-order chi connectivity index (χ0) is 15.2. The van der Waals surface area contributed by atoms with Gasteiger partial charge < -0.3 is 10.1 Å². The summed E-state index contributed by atoms with van der Waals surface area (Å²) in [6.45, 7) is 0. The van der Waals surface area contributed by atoms with Crippen molar-refractivity contribution < 1.29 is 14.3 Å². The molecule has 0 aliphatic carbocycles. The molecule has 0 spiro atoms. The summed E-state index contributed by atoms with van der Waals surface area (Å²) in [4.78, 5) is 27.9. The summed E-state index contributed by atoms with van der Waals surface area (Å²) >= 11 is 0. The van der Waals surface area contributed by atoms with Crippen LogP contribution in [-0.4, -0.2) is 30.0 Å². The van der Waals surface area contributed by atoms with Crippen LogP contribution in [0.25, 0.3) is 10.9 Å². The SMILES string of the molecule is C#CC[C@H](NC(=O)c1cnc2ccccc2c1)C(=O)OC. The van der Waals surface area contributed by atoms with Crippen molar-refractivity contribution in [3.8, 4) is 12.3 Å². The van der Waals surface area contributed by atoms with Gasteiger partial charge in [0.2, 0.25) is 0 Å². The van der Waals surface area contributed by atoms with Gasteiger partial charge >= 0.3 is 5.97 Å². The van der Waals surface area contributed by atoms with Gasteiger partial charge in [0.1, 0.15) is 6.04 Å². The molecule has 1 amide bonds. The van der Waals surface area contributed by atoms with E-state index in [1.807, 2.05) is 24.3 Å². The number of methoxy groups -OCH3 is 1. The number of pyridine rings is 1. The molecule has 0 saturated carbocycles. The van der Waals surface area contributed by atoms with Crippen molar-refractivity contribution >= 4 is 22.8 Å². The van der Waals surface area contributed by atoms with E-state index in [2.05, 4.69) is 21.0 Å². The van der Waals surface area contributed by atoms with Gasteiger partial charge in [0, 0.05) is 18.0 Å². The monoisotopic (exact) mass is 282 g/mol. The van der Waals surface area contributed by atoms with E-state index in [9.17, 15) is 9.59 Å². The smallest absolute Gasteiger partial charge is 0.329 e. The fourth-order valence-corrected chi connectivity index (χ4v) is 1.89. The normalized spacial score (nSPS) is 11.4. The molecule has 0 aliphatic rings. The topological polar surface area (TPSA) is 68.3 Å². The van der Waals surface area contributed by atoms with Crippen LogP contribution in [0.15, 0.2) is 36.5 Å². The Morgan fingerprint density at radius 1 is 1.43 bits per heavy atom. The summed E-state index contributed by atoms with van der Waals surface area (Å²) in [6, 6.07) is 8.29. The molecule has 0 aliphatic heterocycles. The number of para-hydroxylation sites is 1. The molecule has 5 nitrogen and oxygen atoms in total. The predicted molar refractivity (Wildman–Crippen MR) is 78.5 cm³/mol. The van der Waals surface area contributed by atoms with Gasteiger partial charge in [0.15, 0.2) is 0 Å². The lowest BCUT2D eigenvalue weighted by atomic mass is 10.1. The molecule has 0 fully saturated rings. The number of hydrogen-bond donors (Lipinski definition) is 1. The second-order valence-corrected chi connectivity index (χ2v) is 4.37. The highest BCUT2D eigenvalue weighted by atomic mass is 16.5. The highest BCUT2D eigenvalue weighted by Gasteiger charge is 2.21. The first kappa shape index (κ1) is 14.5. The van der Waals surface area contributed by atoms with Crippen molar-refractivity contribution in [2.75, 3.05) is 7.11 Å². The van der Waals surface area contributed by atoms with Crippen molar-refractivity contribution in [3.05, 3.63) is 42.1 Å². The molecule has 0 radical (unpaired) electrons. The van der Waals surface area contributed by atoms with Gasteiger partial charge in [0.05, 0.1) is 18.2 Å². The van der Waals surface area contributed by atoms with E-state index in [0.717, 1.165) is 10.9 Å². The standard InChI is InChI=1S/C16H14N2O3/c1-3-6-14(16(20)21-2)18-15(19)12-9-11-7-4-5-8-13(11)17-10-12/h1,4-5,7-10,14H,6H2,2H3,(H,18,19)/t14-/m0/s1. The van der Waals surface area contributed by atoms with Crippen molar-refractivity contribution in [1.29, 1.82) is 0 Å². The zero-order valence-electron chi connectivity index (χ0n) is 11.5. The summed E-state index contributed by atoms with van der Waals surface area (Å²) in [5.74, 6) is 1.35. The number of terminal acetylenes is 1. The molecule has 21 heavy (non-hydrogen) atoms. The Kier molecular flexibility index (Phi) is 4.52. The third kappa shape index (κ3) is 3.37. The minimum atomic E-state index is -0.862. The third-order valence-electron chi connectivity index (χ3n) is 2.97. The van der Waals surface area contributed by atoms with Crippen LogP contribution < -0.4 is 5.32 Å². The molecular formula is C16H14N2O3. The van der Waals surface area contributed by atoms with Crippen LogP contribution in [-0.2, 0) is 9.53 Å². The molecule has 0 bridgehead atoms. The van der Waals surface area contributed by atoms with Crippen LogP contribution in [0.3, 0.4) is 0 Å². The van der Waals surface area contributed by atoms with Crippen LogP contribution in [0.4, 0.5) is 0 Å². The minimum Gasteiger partial charge on any atom is -0.467 e. The van der Waals surface area contributed by atoms with Gasteiger partial charge in [-0.3, -0.25) is 9.78 Å². The molecule has 106 valence electrons. The number of nitrogens with zero attached hydrogens (tertiary/aromatic N) is 1. The van der Waals surface area contributed by atoms with Crippen molar-refractivity contribution in [2.24, 2.45) is 0 Å². The van der Waals surface area contributed by atoms with E-state index < -0.39 is 17.9 Å². The maximum absolute atomic E-state index is 12.2. The first-order chi connectivity index (χ1) is 10.2. The number of amides is 1. The summed E-state index contributed by atoms with van der Waals surface area (Å²) in [5, 5.41) is 3.40. The van der Waals surface area contributed by atoms with Crippen LogP contribution in [0.5, 0.6) is 0 Å². The summed E-state index contributed by atoms with van der Waals surface area (Å²) in [6.07, 6.45) is 6.72. The van der Waals surface area contributed by atoms with Gasteiger partial charge in [0.25, 0.3) is 5.91 Å². The largest absolute Gasteiger partial charge is 0.467 e. The number of aromatic nitrogens is 1. The molecule has 2 aromatic rings. The number of nitrogens with one attached hydrogen (secondary N) is 1. The van der Waals surface area contributed by atoms with Crippen molar-refractivity contribution in [3.63, 3.8) is 0 Å². The third-order valence-corrected chi connectivity index (χ3v) is 2.97. The van der Waals surface area contributed by atoms with Gasteiger partial charge in [-0.05, 0) is 12.1 Å². The first-order valence-corrected chi connectivity index (χ1v) is 6.32.